The van der Waals surface area contributed by atoms with Crippen LogP contribution in [0.2, 0.25) is 0 Å². The largest absolute Gasteiger partial charge is 0.381 e. The van der Waals surface area contributed by atoms with Crippen LogP contribution in [0.5, 0.6) is 0 Å². The molecule has 1 unspecified atom stereocenters. The minimum atomic E-state index is 0.278. The molecule has 0 aromatic carbocycles. The van der Waals surface area contributed by atoms with Gasteiger partial charge in [0.25, 0.3) is 0 Å². The lowest BCUT2D eigenvalue weighted by Crippen LogP contribution is -2.08. The minimum absolute atomic E-state index is 0.278. The Kier molecular flexibility index (Phi) is 16.9. The molecule has 0 aliphatic rings. The van der Waals surface area contributed by atoms with E-state index in [1.54, 1.807) is 13.2 Å². The summed E-state index contributed by atoms with van der Waals surface area (Å²) in [7, 11) is 1.76. The van der Waals surface area contributed by atoms with Crippen molar-refractivity contribution < 1.29 is 9.53 Å². The standard InChI is InChI=1S/C19H36O2/c1-3-4-5-6-7-8-9-10-11-12-13-16-19(21-2)17-14-15-18-20/h14-15,18-19H,3-13,16-17H2,1-2H3/b15-14+. The summed E-state index contributed by atoms with van der Waals surface area (Å²) >= 11 is 0. The van der Waals surface area contributed by atoms with Gasteiger partial charge in [-0.2, -0.15) is 0 Å². The van der Waals surface area contributed by atoms with Gasteiger partial charge in [-0.05, 0) is 18.9 Å². The Morgan fingerprint density at radius 3 is 1.86 bits per heavy atom. The van der Waals surface area contributed by atoms with Crippen LogP contribution in [-0.4, -0.2) is 19.5 Å². The lowest BCUT2D eigenvalue weighted by Gasteiger charge is -2.12. The van der Waals surface area contributed by atoms with E-state index < -0.39 is 0 Å². The van der Waals surface area contributed by atoms with Crippen molar-refractivity contribution in [1.82, 2.24) is 0 Å². The summed E-state index contributed by atoms with van der Waals surface area (Å²) in [5.74, 6) is 0. The second-order valence-corrected chi connectivity index (χ2v) is 5.98. The molecule has 0 amide bonds. The molecule has 0 aliphatic carbocycles. The van der Waals surface area contributed by atoms with E-state index in [1.807, 2.05) is 6.08 Å². The fraction of sp³-hybridized carbons (Fsp3) is 0.842. The van der Waals surface area contributed by atoms with Crippen molar-refractivity contribution in [2.45, 2.75) is 96.5 Å². The summed E-state index contributed by atoms with van der Waals surface area (Å²) in [4.78, 5) is 10.2. The molecule has 0 spiro atoms. The van der Waals surface area contributed by atoms with Crippen LogP contribution in [-0.2, 0) is 9.53 Å². The molecule has 0 aromatic heterocycles. The number of ether oxygens (including phenoxy) is 1. The minimum Gasteiger partial charge on any atom is -0.381 e. The van der Waals surface area contributed by atoms with Gasteiger partial charge >= 0.3 is 0 Å². The van der Waals surface area contributed by atoms with Crippen molar-refractivity contribution in [2.75, 3.05) is 7.11 Å². The number of hydrogen-bond donors (Lipinski definition) is 0. The van der Waals surface area contributed by atoms with Crippen molar-refractivity contribution in [3.05, 3.63) is 12.2 Å². The Labute approximate surface area is 132 Å². The highest BCUT2D eigenvalue weighted by Gasteiger charge is 2.04. The second kappa shape index (κ2) is 17.4. The highest BCUT2D eigenvalue weighted by atomic mass is 16.5. The molecule has 0 saturated heterocycles. The molecular weight excluding hydrogens is 260 g/mol. The maximum atomic E-state index is 10.2. The van der Waals surface area contributed by atoms with Crippen molar-refractivity contribution >= 4 is 6.29 Å². The van der Waals surface area contributed by atoms with Crippen LogP contribution >= 0.6 is 0 Å². The first-order valence-electron chi connectivity index (χ1n) is 8.98. The number of hydrogen-bond acceptors (Lipinski definition) is 2. The van der Waals surface area contributed by atoms with Crippen LogP contribution in [0.4, 0.5) is 0 Å². The molecule has 124 valence electrons. The average Bonchev–Trinajstić information content (AvgIpc) is 2.51. The van der Waals surface area contributed by atoms with E-state index in [-0.39, 0.29) is 6.10 Å². The Morgan fingerprint density at radius 1 is 0.857 bits per heavy atom. The number of carbonyl (C=O) groups is 1. The molecule has 21 heavy (non-hydrogen) atoms. The van der Waals surface area contributed by atoms with Crippen LogP contribution in [0, 0.1) is 0 Å². The van der Waals surface area contributed by atoms with Gasteiger partial charge in [-0.1, -0.05) is 83.6 Å². The van der Waals surface area contributed by atoms with E-state index in [2.05, 4.69) is 6.92 Å². The SMILES string of the molecule is CCCCCCCCCCCCCC(C/C=C/C=O)OC. The molecule has 0 radical (unpaired) electrons. The molecule has 0 N–H and O–H groups in total. The molecule has 0 fully saturated rings. The predicted octanol–water partition coefficient (Wildman–Crippen LogP) is 5.85. The monoisotopic (exact) mass is 296 g/mol. The van der Waals surface area contributed by atoms with Gasteiger partial charge < -0.3 is 4.74 Å². The van der Waals surface area contributed by atoms with Crippen LogP contribution in [0.25, 0.3) is 0 Å². The summed E-state index contributed by atoms with van der Waals surface area (Å²) in [6, 6.07) is 0. The van der Waals surface area contributed by atoms with E-state index in [1.165, 1.54) is 70.6 Å². The maximum absolute atomic E-state index is 10.2. The first-order valence-corrected chi connectivity index (χ1v) is 8.98. The second-order valence-electron chi connectivity index (χ2n) is 5.98. The quantitative estimate of drug-likeness (QED) is 0.203. The molecule has 0 aliphatic heterocycles. The van der Waals surface area contributed by atoms with Gasteiger partial charge in [0.15, 0.2) is 0 Å². The topological polar surface area (TPSA) is 26.3 Å². The van der Waals surface area contributed by atoms with Crippen LogP contribution < -0.4 is 0 Å². The maximum Gasteiger partial charge on any atom is 0.142 e. The van der Waals surface area contributed by atoms with E-state index >= 15 is 0 Å². The molecule has 0 heterocycles. The van der Waals surface area contributed by atoms with E-state index in [0.29, 0.717) is 0 Å². The zero-order chi connectivity index (χ0) is 15.6. The van der Waals surface area contributed by atoms with Gasteiger partial charge in [0.2, 0.25) is 0 Å². The Balaban J connectivity index is 3.26. The summed E-state index contributed by atoms with van der Waals surface area (Å²) in [6.45, 7) is 2.27. The predicted molar refractivity (Wildman–Crippen MR) is 91.7 cm³/mol. The molecule has 2 heteroatoms. The first kappa shape index (κ1) is 20.4. The van der Waals surface area contributed by atoms with Gasteiger partial charge in [0.1, 0.15) is 6.29 Å². The highest BCUT2D eigenvalue weighted by Crippen LogP contribution is 2.14. The van der Waals surface area contributed by atoms with Crippen molar-refractivity contribution in [3.63, 3.8) is 0 Å². The van der Waals surface area contributed by atoms with Crippen molar-refractivity contribution in [3.8, 4) is 0 Å². The third kappa shape index (κ3) is 15.6. The van der Waals surface area contributed by atoms with E-state index in [4.69, 9.17) is 4.74 Å². The summed E-state index contributed by atoms with van der Waals surface area (Å²) in [5, 5.41) is 0. The fourth-order valence-electron chi connectivity index (χ4n) is 2.65. The fourth-order valence-corrected chi connectivity index (χ4v) is 2.65. The van der Waals surface area contributed by atoms with Gasteiger partial charge in [-0.25, -0.2) is 0 Å². The normalized spacial score (nSPS) is 12.9. The summed E-state index contributed by atoms with van der Waals surface area (Å²) in [5.41, 5.74) is 0. The number of carbonyl (C=O) groups excluding carboxylic acids is 1. The molecule has 0 bridgehead atoms. The molecule has 0 aromatic rings. The van der Waals surface area contributed by atoms with Crippen LogP contribution in [0.15, 0.2) is 12.2 Å². The molecule has 0 saturated carbocycles. The molecule has 2 nitrogen and oxygen atoms in total. The van der Waals surface area contributed by atoms with Gasteiger partial charge in [-0.15, -0.1) is 0 Å². The Bertz CT molecular complexity index is 236. The molecule has 1 atom stereocenters. The zero-order valence-corrected chi connectivity index (χ0v) is 14.3. The van der Waals surface area contributed by atoms with Crippen molar-refractivity contribution in [2.24, 2.45) is 0 Å². The average molecular weight is 296 g/mol. The lowest BCUT2D eigenvalue weighted by atomic mass is 10.0. The number of rotatable bonds is 16. The van der Waals surface area contributed by atoms with Gasteiger partial charge in [0.05, 0.1) is 6.10 Å². The smallest absolute Gasteiger partial charge is 0.142 e. The number of unbranched alkanes of at least 4 members (excludes halogenated alkanes) is 10. The van der Waals surface area contributed by atoms with Crippen molar-refractivity contribution in [1.29, 1.82) is 0 Å². The van der Waals surface area contributed by atoms with Crippen LogP contribution in [0.3, 0.4) is 0 Å². The number of allylic oxidation sites excluding steroid dienone is 1. The lowest BCUT2D eigenvalue weighted by molar-refractivity contribution is -0.104. The van der Waals surface area contributed by atoms with E-state index in [0.717, 1.165) is 19.1 Å². The third-order valence-electron chi connectivity index (χ3n) is 4.08. The Morgan fingerprint density at radius 2 is 1.38 bits per heavy atom. The van der Waals surface area contributed by atoms with E-state index in [9.17, 15) is 4.79 Å². The molecular formula is C19H36O2. The van der Waals surface area contributed by atoms with Gasteiger partial charge in [0, 0.05) is 7.11 Å². The Hall–Kier alpha value is -0.630. The number of aldehydes is 1. The van der Waals surface area contributed by atoms with Gasteiger partial charge in [-0.3, -0.25) is 4.79 Å². The number of methoxy groups -OCH3 is 1. The first-order chi connectivity index (χ1) is 10.3. The zero-order valence-electron chi connectivity index (χ0n) is 14.3. The van der Waals surface area contributed by atoms with Crippen LogP contribution in [0.1, 0.15) is 90.4 Å². The summed E-state index contributed by atoms with van der Waals surface area (Å²) < 4.78 is 5.42. The highest BCUT2D eigenvalue weighted by molar-refractivity contribution is 5.64. The summed E-state index contributed by atoms with van der Waals surface area (Å²) in [6.07, 6.45) is 21.7. The molecule has 0 rings (SSSR count). The third-order valence-corrected chi connectivity index (χ3v) is 4.08.